The number of carbonyl (C=O) groups is 1. The maximum atomic E-state index is 13.2. The number of halogens is 2. The first kappa shape index (κ1) is 12.9. The van der Waals surface area contributed by atoms with Crippen molar-refractivity contribution in [1.29, 1.82) is 0 Å². The van der Waals surface area contributed by atoms with Crippen molar-refractivity contribution in [1.82, 2.24) is 4.98 Å². The molecule has 1 saturated heterocycles. The Balaban J connectivity index is 2.08. The van der Waals surface area contributed by atoms with Gasteiger partial charge in [0.15, 0.2) is 9.84 Å². The maximum Gasteiger partial charge on any atom is 0.239 e. The van der Waals surface area contributed by atoms with Crippen molar-refractivity contribution >= 4 is 21.4 Å². The van der Waals surface area contributed by atoms with E-state index in [-0.39, 0.29) is 23.6 Å². The van der Waals surface area contributed by atoms with Crippen LogP contribution < -0.4 is 5.32 Å². The second-order valence-corrected chi connectivity index (χ2v) is 6.29. The summed E-state index contributed by atoms with van der Waals surface area (Å²) in [5.74, 6) is -3.70. The SMILES string of the molecule is O=C(Nc1ccc(F)nc1F)C1CCS(=O)(=O)C1. The Labute approximate surface area is 102 Å². The number of hydrogen-bond donors (Lipinski definition) is 1. The van der Waals surface area contributed by atoms with Gasteiger partial charge in [-0.25, -0.2) is 8.42 Å². The molecule has 0 radical (unpaired) electrons. The highest BCUT2D eigenvalue weighted by Gasteiger charge is 2.33. The molecule has 0 bridgehead atoms. The Hall–Kier alpha value is -1.57. The van der Waals surface area contributed by atoms with Crippen LogP contribution in [-0.2, 0) is 14.6 Å². The van der Waals surface area contributed by atoms with Crippen LogP contribution in [-0.4, -0.2) is 30.8 Å². The number of amides is 1. The van der Waals surface area contributed by atoms with E-state index in [4.69, 9.17) is 0 Å². The molecule has 98 valence electrons. The summed E-state index contributed by atoms with van der Waals surface area (Å²) in [5.41, 5.74) is -0.259. The number of anilines is 1. The predicted molar refractivity (Wildman–Crippen MR) is 59.5 cm³/mol. The summed E-state index contributed by atoms with van der Waals surface area (Å²) in [6.07, 6.45) is 0.213. The van der Waals surface area contributed by atoms with Gasteiger partial charge in [-0.3, -0.25) is 4.79 Å². The van der Waals surface area contributed by atoms with Gasteiger partial charge < -0.3 is 5.32 Å². The van der Waals surface area contributed by atoms with Gasteiger partial charge in [-0.15, -0.1) is 0 Å². The Morgan fingerprint density at radius 2 is 2.11 bits per heavy atom. The molecule has 0 aromatic carbocycles. The summed E-state index contributed by atoms with van der Waals surface area (Å²) >= 11 is 0. The quantitative estimate of drug-likeness (QED) is 0.808. The lowest BCUT2D eigenvalue weighted by Crippen LogP contribution is -2.24. The zero-order valence-corrected chi connectivity index (χ0v) is 10.0. The Morgan fingerprint density at radius 1 is 1.39 bits per heavy atom. The predicted octanol–water partition coefficient (Wildman–Crippen LogP) is 0.733. The molecule has 8 heteroatoms. The highest BCUT2D eigenvalue weighted by molar-refractivity contribution is 7.91. The molecule has 5 nitrogen and oxygen atoms in total. The molecule has 0 saturated carbocycles. The molecular weight excluding hydrogens is 266 g/mol. The third-order valence-corrected chi connectivity index (χ3v) is 4.44. The van der Waals surface area contributed by atoms with E-state index in [0.29, 0.717) is 0 Å². The lowest BCUT2D eigenvalue weighted by Gasteiger charge is -2.09. The number of nitrogens with zero attached hydrogens (tertiary/aromatic N) is 1. The van der Waals surface area contributed by atoms with Crippen LogP contribution in [0.4, 0.5) is 14.5 Å². The maximum absolute atomic E-state index is 13.2. The van der Waals surface area contributed by atoms with E-state index in [1.54, 1.807) is 0 Å². The van der Waals surface area contributed by atoms with E-state index in [9.17, 15) is 22.0 Å². The van der Waals surface area contributed by atoms with Crippen LogP contribution in [0, 0.1) is 17.8 Å². The molecule has 1 N–H and O–H groups in total. The van der Waals surface area contributed by atoms with E-state index in [0.717, 1.165) is 12.1 Å². The Bertz CT molecular complexity index is 589. The van der Waals surface area contributed by atoms with Crippen molar-refractivity contribution in [3.63, 3.8) is 0 Å². The Morgan fingerprint density at radius 3 is 2.67 bits per heavy atom. The molecule has 2 rings (SSSR count). The third kappa shape index (κ3) is 2.81. The van der Waals surface area contributed by atoms with Gasteiger partial charge in [-0.05, 0) is 18.6 Å². The van der Waals surface area contributed by atoms with E-state index >= 15 is 0 Å². The van der Waals surface area contributed by atoms with Gasteiger partial charge in [-0.1, -0.05) is 0 Å². The molecule has 1 aromatic rings. The minimum absolute atomic E-state index is 0.0464. The first-order valence-electron chi connectivity index (χ1n) is 5.21. The first-order valence-corrected chi connectivity index (χ1v) is 7.03. The van der Waals surface area contributed by atoms with E-state index < -0.39 is 33.6 Å². The minimum atomic E-state index is -3.18. The number of pyridine rings is 1. The van der Waals surface area contributed by atoms with E-state index in [2.05, 4.69) is 10.3 Å². The molecule has 1 aliphatic heterocycles. The standard InChI is InChI=1S/C10H10F2N2O3S/c11-8-2-1-7(9(12)14-8)13-10(15)6-3-4-18(16,17)5-6/h1-2,6H,3-5H2,(H,13,15). The van der Waals surface area contributed by atoms with Crippen LogP contribution >= 0.6 is 0 Å². The summed E-state index contributed by atoms with van der Waals surface area (Å²) in [6, 6.07) is 1.95. The average Bonchev–Trinajstić information content (AvgIpc) is 2.63. The molecule has 1 unspecified atom stereocenters. The van der Waals surface area contributed by atoms with Gasteiger partial charge in [0, 0.05) is 0 Å². The minimum Gasteiger partial charge on any atom is -0.322 e. The third-order valence-electron chi connectivity index (χ3n) is 2.68. The lowest BCUT2D eigenvalue weighted by molar-refractivity contribution is -0.119. The van der Waals surface area contributed by atoms with Crippen molar-refractivity contribution < 1.29 is 22.0 Å². The van der Waals surface area contributed by atoms with Gasteiger partial charge in [0.1, 0.15) is 0 Å². The molecular formula is C10H10F2N2O3S. The van der Waals surface area contributed by atoms with Crippen LogP contribution in [0.5, 0.6) is 0 Å². The molecule has 1 atom stereocenters. The molecule has 18 heavy (non-hydrogen) atoms. The summed E-state index contributed by atoms with van der Waals surface area (Å²) in [4.78, 5) is 14.6. The van der Waals surface area contributed by atoms with Crippen LogP contribution in [0.3, 0.4) is 0 Å². The highest BCUT2D eigenvalue weighted by Crippen LogP contribution is 2.21. The molecule has 1 aromatic heterocycles. The van der Waals surface area contributed by atoms with Gasteiger partial charge in [0.2, 0.25) is 17.8 Å². The van der Waals surface area contributed by atoms with E-state index in [1.807, 2.05) is 0 Å². The summed E-state index contributed by atoms with van der Waals surface area (Å²) in [6.45, 7) is 0. The van der Waals surface area contributed by atoms with Crippen LogP contribution in [0.1, 0.15) is 6.42 Å². The van der Waals surface area contributed by atoms with Gasteiger partial charge in [-0.2, -0.15) is 13.8 Å². The second-order valence-electron chi connectivity index (χ2n) is 4.06. The lowest BCUT2D eigenvalue weighted by atomic mass is 10.1. The van der Waals surface area contributed by atoms with E-state index in [1.165, 1.54) is 0 Å². The fraction of sp³-hybridized carbons (Fsp3) is 0.400. The molecule has 1 aliphatic rings. The number of carbonyl (C=O) groups excluding carboxylic acids is 1. The molecule has 2 heterocycles. The van der Waals surface area contributed by atoms with Gasteiger partial charge in [0.25, 0.3) is 0 Å². The largest absolute Gasteiger partial charge is 0.322 e. The van der Waals surface area contributed by atoms with Crippen LogP contribution in [0.2, 0.25) is 0 Å². The number of sulfone groups is 1. The summed E-state index contributed by atoms with van der Waals surface area (Å²) < 4.78 is 48.1. The molecule has 1 amide bonds. The van der Waals surface area contributed by atoms with Crippen LogP contribution in [0.15, 0.2) is 12.1 Å². The monoisotopic (exact) mass is 276 g/mol. The molecule has 0 spiro atoms. The first-order chi connectivity index (χ1) is 8.37. The van der Waals surface area contributed by atoms with Gasteiger partial charge >= 0.3 is 0 Å². The number of nitrogens with one attached hydrogen (secondary N) is 1. The summed E-state index contributed by atoms with van der Waals surface area (Å²) in [7, 11) is -3.18. The average molecular weight is 276 g/mol. The normalized spacial score (nSPS) is 21.8. The number of aromatic nitrogens is 1. The second kappa shape index (κ2) is 4.60. The fourth-order valence-electron chi connectivity index (χ4n) is 1.74. The summed E-state index contributed by atoms with van der Waals surface area (Å²) in [5, 5.41) is 2.21. The van der Waals surface area contributed by atoms with Gasteiger partial charge in [0.05, 0.1) is 23.1 Å². The Kier molecular flexibility index (Phi) is 3.29. The van der Waals surface area contributed by atoms with Crippen molar-refractivity contribution in [2.45, 2.75) is 6.42 Å². The zero-order chi connectivity index (χ0) is 13.3. The highest BCUT2D eigenvalue weighted by atomic mass is 32.2. The number of hydrogen-bond acceptors (Lipinski definition) is 4. The van der Waals surface area contributed by atoms with Crippen LogP contribution in [0.25, 0.3) is 0 Å². The van der Waals surface area contributed by atoms with Crippen molar-refractivity contribution in [2.24, 2.45) is 5.92 Å². The topological polar surface area (TPSA) is 76.1 Å². The fourth-order valence-corrected chi connectivity index (χ4v) is 3.48. The van der Waals surface area contributed by atoms with Crippen molar-refractivity contribution in [2.75, 3.05) is 16.8 Å². The molecule has 0 aliphatic carbocycles. The van der Waals surface area contributed by atoms with Crippen molar-refractivity contribution in [3.05, 3.63) is 24.0 Å². The number of rotatable bonds is 2. The zero-order valence-electron chi connectivity index (χ0n) is 9.19. The molecule has 1 fully saturated rings. The van der Waals surface area contributed by atoms with Crippen molar-refractivity contribution in [3.8, 4) is 0 Å². The smallest absolute Gasteiger partial charge is 0.239 e.